The molecule has 0 fully saturated rings. The lowest BCUT2D eigenvalue weighted by molar-refractivity contribution is 0.142. The molecule has 0 aromatic heterocycles. The van der Waals surface area contributed by atoms with Crippen LogP contribution in [0.3, 0.4) is 0 Å². The van der Waals surface area contributed by atoms with Crippen LogP contribution in [0.25, 0.3) is 5.57 Å². The Kier molecular flexibility index (Phi) is 5.04. The molecule has 1 heterocycles. The van der Waals surface area contributed by atoms with Crippen LogP contribution in [-0.4, -0.2) is 28.7 Å². The van der Waals surface area contributed by atoms with E-state index in [9.17, 15) is 18.7 Å². The lowest BCUT2D eigenvalue weighted by atomic mass is 9.90. The van der Waals surface area contributed by atoms with E-state index in [1.54, 1.807) is 6.92 Å². The largest absolute Gasteiger partial charge is 0.465 e. The van der Waals surface area contributed by atoms with Gasteiger partial charge in [-0.15, -0.1) is 0 Å². The maximum atomic E-state index is 14.4. The zero-order valence-electron chi connectivity index (χ0n) is 14.3. The molecular formula is C20H20F2N2O2. The fourth-order valence-corrected chi connectivity index (χ4v) is 3.48. The number of amides is 1. The molecule has 0 aliphatic carbocycles. The number of hydrogen-bond donors (Lipinski definition) is 2. The average molecular weight is 358 g/mol. The third-order valence-electron chi connectivity index (χ3n) is 4.51. The Morgan fingerprint density at radius 1 is 1.27 bits per heavy atom. The molecule has 2 aromatic carbocycles. The number of nitrogens with zero attached hydrogens (tertiary/aromatic N) is 1. The summed E-state index contributed by atoms with van der Waals surface area (Å²) in [5, 5.41) is 9.69. The van der Waals surface area contributed by atoms with Gasteiger partial charge in [0.1, 0.15) is 11.6 Å². The second kappa shape index (κ2) is 7.25. The summed E-state index contributed by atoms with van der Waals surface area (Å²) in [6, 6.07) is 11.5. The van der Waals surface area contributed by atoms with Crippen molar-refractivity contribution in [3.63, 3.8) is 0 Å². The van der Waals surface area contributed by atoms with E-state index >= 15 is 0 Å². The van der Waals surface area contributed by atoms with Crippen molar-refractivity contribution in [3.8, 4) is 0 Å². The standard InChI is InChI=1S/C20H20F2N2O2/c1-12(23)9-16-17(15-10-14(21)7-8-18(15)22)11-24(20(25)26)19(16)13-5-3-2-4-6-13/h2-8,10,12,19H,9,11,23H2,1H3,(H,25,26)/t12-,19?/m0/s1. The van der Waals surface area contributed by atoms with E-state index in [1.807, 2.05) is 30.3 Å². The SMILES string of the molecule is C[C@H](N)CC1=C(c2cc(F)ccc2F)CN(C(=O)O)C1c1ccccc1. The number of benzene rings is 2. The van der Waals surface area contributed by atoms with Crippen molar-refractivity contribution < 1.29 is 18.7 Å². The molecule has 1 aliphatic heterocycles. The van der Waals surface area contributed by atoms with Crippen LogP contribution in [0.15, 0.2) is 54.1 Å². The predicted octanol–water partition coefficient (Wildman–Crippen LogP) is 4.19. The van der Waals surface area contributed by atoms with Gasteiger partial charge in [-0.05, 0) is 48.3 Å². The van der Waals surface area contributed by atoms with Gasteiger partial charge >= 0.3 is 6.09 Å². The lowest BCUT2D eigenvalue weighted by Gasteiger charge is -2.25. The summed E-state index contributed by atoms with van der Waals surface area (Å²) in [6.07, 6.45) is -0.734. The van der Waals surface area contributed by atoms with E-state index in [2.05, 4.69) is 0 Å². The van der Waals surface area contributed by atoms with Crippen LogP contribution in [-0.2, 0) is 0 Å². The minimum atomic E-state index is -1.12. The molecule has 26 heavy (non-hydrogen) atoms. The fourth-order valence-electron chi connectivity index (χ4n) is 3.48. The van der Waals surface area contributed by atoms with Gasteiger partial charge in [-0.2, -0.15) is 0 Å². The van der Waals surface area contributed by atoms with Crippen LogP contribution < -0.4 is 5.73 Å². The van der Waals surface area contributed by atoms with Crippen LogP contribution in [0, 0.1) is 11.6 Å². The molecule has 136 valence electrons. The van der Waals surface area contributed by atoms with Crippen molar-refractivity contribution in [3.05, 3.63) is 76.9 Å². The third-order valence-corrected chi connectivity index (χ3v) is 4.51. The number of rotatable bonds is 4. The molecule has 1 unspecified atom stereocenters. The zero-order valence-corrected chi connectivity index (χ0v) is 14.3. The van der Waals surface area contributed by atoms with Crippen LogP contribution in [0.4, 0.5) is 13.6 Å². The van der Waals surface area contributed by atoms with Gasteiger partial charge in [-0.3, -0.25) is 4.90 Å². The number of hydrogen-bond acceptors (Lipinski definition) is 2. The number of carbonyl (C=O) groups is 1. The van der Waals surface area contributed by atoms with Crippen molar-refractivity contribution >= 4 is 11.7 Å². The Morgan fingerprint density at radius 2 is 1.96 bits per heavy atom. The van der Waals surface area contributed by atoms with Crippen LogP contribution >= 0.6 is 0 Å². The normalized spacial score (nSPS) is 18.3. The highest BCUT2D eigenvalue weighted by Gasteiger charge is 2.38. The summed E-state index contributed by atoms with van der Waals surface area (Å²) in [5.74, 6) is -1.15. The minimum Gasteiger partial charge on any atom is -0.465 e. The first-order chi connectivity index (χ1) is 12.4. The second-order valence-corrected chi connectivity index (χ2v) is 6.53. The lowest BCUT2D eigenvalue weighted by Crippen LogP contribution is -2.31. The summed E-state index contributed by atoms with van der Waals surface area (Å²) in [5.41, 5.74) is 8.03. The predicted molar refractivity (Wildman–Crippen MR) is 95.5 cm³/mol. The van der Waals surface area contributed by atoms with Crippen LogP contribution in [0.5, 0.6) is 0 Å². The number of carboxylic acid groups (broad SMARTS) is 1. The van der Waals surface area contributed by atoms with Gasteiger partial charge in [0.05, 0.1) is 12.6 Å². The first-order valence-electron chi connectivity index (χ1n) is 8.36. The third kappa shape index (κ3) is 3.46. The molecule has 1 amide bonds. The molecule has 2 aromatic rings. The Morgan fingerprint density at radius 3 is 2.58 bits per heavy atom. The van der Waals surface area contributed by atoms with E-state index in [1.165, 1.54) is 4.90 Å². The monoisotopic (exact) mass is 358 g/mol. The Labute approximate surface area is 150 Å². The highest BCUT2D eigenvalue weighted by molar-refractivity contribution is 5.80. The van der Waals surface area contributed by atoms with E-state index in [4.69, 9.17) is 5.73 Å². The highest BCUT2D eigenvalue weighted by Crippen LogP contribution is 2.43. The van der Waals surface area contributed by atoms with Crippen molar-refractivity contribution in [2.75, 3.05) is 6.54 Å². The maximum Gasteiger partial charge on any atom is 0.408 e. The molecule has 6 heteroatoms. The summed E-state index contributed by atoms with van der Waals surface area (Å²) in [4.78, 5) is 13.1. The van der Waals surface area contributed by atoms with E-state index < -0.39 is 23.8 Å². The number of nitrogens with two attached hydrogens (primary N) is 1. The van der Waals surface area contributed by atoms with Gasteiger partial charge in [-0.1, -0.05) is 30.3 Å². The van der Waals surface area contributed by atoms with E-state index in [0.29, 0.717) is 17.6 Å². The Hall–Kier alpha value is -2.73. The quantitative estimate of drug-likeness (QED) is 0.861. The Balaban J connectivity index is 2.20. The first-order valence-corrected chi connectivity index (χ1v) is 8.36. The van der Waals surface area contributed by atoms with Gasteiger partial charge in [0.2, 0.25) is 0 Å². The summed E-state index contributed by atoms with van der Waals surface area (Å²) in [6.45, 7) is 1.79. The van der Waals surface area contributed by atoms with Crippen molar-refractivity contribution in [1.29, 1.82) is 0 Å². The first kappa shape index (κ1) is 18.1. The smallest absolute Gasteiger partial charge is 0.408 e. The van der Waals surface area contributed by atoms with Gasteiger partial charge in [0.25, 0.3) is 0 Å². The minimum absolute atomic E-state index is 0.0165. The van der Waals surface area contributed by atoms with Gasteiger partial charge in [0.15, 0.2) is 0 Å². The molecule has 0 bridgehead atoms. The van der Waals surface area contributed by atoms with E-state index in [0.717, 1.165) is 23.8 Å². The number of halogens is 2. The Bertz CT molecular complexity index is 850. The molecule has 3 rings (SSSR count). The molecule has 0 saturated carbocycles. The average Bonchev–Trinajstić information content (AvgIpc) is 2.96. The van der Waals surface area contributed by atoms with E-state index in [-0.39, 0.29) is 18.2 Å². The summed E-state index contributed by atoms with van der Waals surface area (Å²) >= 11 is 0. The van der Waals surface area contributed by atoms with Crippen LogP contribution in [0.1, 0.15) is 30.5 Å². The van der Waals surface area contributed by atoms with Crippen LogP contribution in [0.2, 0.25) is 0 Å². The molecular weight excluding hydrogens is 338 g/mol. The van der Waals surface area contributed by atoms with Crippen molar-refractivity contribution in [2.24, 2.45) is 5.73 Å². The highest BCUT2D eigenvalue weighted by atomic mass is 19.1. The molecule has 0 saturated heterocycles. The topological polar surface area (TPSA) is 66.6 Å². The maximum absolute atomic E-state index is 14.4. The molecule has 0 radical (unpaired) electrons. The van der Waals surface area contributed by atoms with Gasteiger partial charge in [-0.25, -0.2) is 13.6 Å². The molecule has 1 aliphatic rings. The summed E-state index contributed by atoms with van der Waals surface area (Å²) in [7, 11) is 0. The van der Waals surface area contributed by atoms with Gasteiger partial charge in [0, 0.05) is 11.6 Å². The zero-order chi connectivity index (χ0) is 18.8. The molecule has 0 spiro atoms. The second-order valence-electron chi connectivity index (χ2n) is 6.53. The molecule has 2 atom stereocenters. The fraction of sp³-hybridized carbons (Fsp3) is 0.250. The molecule has 4 nitrogen and oxygen atoms in total. The van der Waals surface area contributed by atoms with Gasteiger partial charge < -0.3 is 10.8 Å². The van der Waals surface area contributed by atoms with Crippen molar-refractivity contribution in [1.82, 2.24) is 4.90 Å². The summed E-state index contributed by atoms with van der Waals surface area (Å²) < 4.78 is 28.1. The molecule has 3 N–H and O–H groups in total. The van der Waals surface area contributed by atoms with Crippen molar-refractivity contribution in [2.45, 2.75) is 25.4 Å².